The summed E-state index contributed by atoms with van der Waals surface area (Å²) in [5.41, 5.74) is 0.821. The largest absolute Gasteiger partial charge is 0.494 e. The number of hydrogen-bond acceptors (Lipinski definition) is 5. The summed E-state index contributed by atoms with van der Waals surface area (Å²) in [5, 5.41) is 0. The lowest BCUT2D eigenvalue weighted by atomic mass is 10.1. The van der Waals surface area contributed by atoms with Crippen molar-refractivity contribution in [1.29, 1.82) is 0 Å². The summed E-state index contributed by atoms with van der Waals surface area (Å²) in [7, 11) is -4.53. The maximum atomic E-state index is 12.0. The van der Waals surface area contributed by atoms with Crippen LogP contribution in [-0.4, -0.2) is 46.6 Å². The van der Waals surface area contributed by atoms with Crippen molar-refractivity contribution in [3.8, 4) is 5.75 Å². The van der Waals surface area contributed by atoms with Crippen LogP contribution in [0.2, 0.25) is 0 Å². The first kappa shape index (κ1) is 25.7. The molecule has 31 heavy (non-hydrogen) atoms. The Morgan fingerprint density at radius 1 is 1.06 bits per heavy atom. The molecule has 9 heteroatoms. The van der Waals surface area contributed by atoms with Gasteiger partial charge < -0.3 is 24.2 Å². The molecule has 176 valence electrons. The van der Waals surface area contributed by atoms with Crippen LogP contribution in [0.15, 0.2) is 24.3 Å². The molecule has 1 aliphatic heterocycles. The predicted octanol–water partition coefficient (Wildman–Crippen LogP) is 5.03. The monoisotopic (exact) mass is 457 g/mol. The van der Waals surface area contributed by atoms with E-state index in [1.165, 1.54) is 56.3 Å². The molecule has 2 rings (SSSR count). The van der Waals surface area contributed by atoms with E-state index in [1.807, 2.05) is 24.3 Å². The van der Waals surface area contributed by atoms with Crippen molar-refractivity contribution < 1.29 is 33.1 Å². The number of unbranched alkanes of at least 4 members (excludes halogenated alkanes) is 8. The van der Waals surface area contributed by atoms with Crippen molar-refractivity contribution in [2.45, 2.75) is 77.4 Å². The molecule has 0 saturated carbocycles. The van der Waals surface area contributed by atoms with E-state index < -0.39 is 20.0 Å². The van der Waals surface area contributed by atoms with Crippen LogP contribution < -0.4 is 4.74 Å². The lowest BCUT2D eigenvalue weighted by Gasteiger charge is -2.37. The summed E-state index contributed by atoms with van der Waals surface area (Å²) in [6.07, 6.45) is 10.2. The molecular formula is C22H36NO7P. The van der Waals surface area contributed by atoms with Gasteiger partial charge in [-0.1, -0.05) is 70.4 Å². The van der Waals surface area contributed by atoms with E-state index in [4.69, 9.17) is 19.3 Å². The summed E-state index contributed by atoms with van der Waals surface area (Å²) in [6.45, 7) is 3.22. The van der Waals surface area contributed by atoms with Gasteiger partial charge in [0, 0.05) is 0 Å². The number of phosphoric ester groups is 1. The second-order valence-electron chi connectivity index (χ2n) is 8.00. The number of rotatable bonds is 15. The molecule has 1 heterocycles. The average molecular weight is 458 g/mol. The third-order valence-corrected chi connectivity index (χ3v) is 5.74. The van der Waals surface area contributed by atoms with E-state index in [0.717, 1.165) is 17.7 Å². The number of carbonyl (C=O) groups excluding carboxylic acids is 1. The van der Waals surface area contributed by atoms with Gasteiger partial charge in [0.1, 0.15) is 18.5 Å². The molecule has 8 nitrogen and oxygen atoms in total. The molecule has 0 bridgehead atoms. The van der Waals surface area contributed by atoms with Crippen LogP contribution >= 0.6 is 7.82 Å². The maximum absolute atomic E-state index is 12.0. The molecule has 1 aromatic carbocycles. The third kappa shape index (κ3) is 11.0. The predicted molar refractivity (Wildman–Crippen MR) is 118 cm³/mol. The Morgan fingerprint density at radius 2 is 1.71 bits per heavy atom. The van der Waals surface area contributed by atoms with Gasteiger partial charge in [-0.05, 0) is 24.1 Å². The number of carbonyl (C=O) groups is 1. The molecule has 0 atom stereocenters. The Kier molecular flexibility index (Phi) is 11.4. The Balaban J connectivity index is 1.55. The smallest absolute Gasteiger partial charge is 0.469 e. The van der Waals surface area contributed by atoms with Gasteiger partial charge >= 0.3 is 13.9 Å². The number of benzene rings is 1. The zero-order chi connectivity index (χ0) is 22.5. The van der Waals surface area contributed by atoms with Crippen molar-refractivity contribution in [1.82, 2.24) is 4.90 Å². The number of ether oxygens (including phenoxy) is 2. The van der Waals surface area contributed by atoms with Gasteiger partial charge in [0.25, 0.3) is 0 Å². The average Bonchev–Trinajstić information content (AvgIpc) is 2.69. The fraction of sp³-hybridized carbons (Fsp3) is 0.682. The first-order valence-electron chi connectivity index (χ1n) is 11.2. The molecule has 1 aromatic rings. The van der Waals surface area contributed by atoms with Crippen LogP contribution in [-0.2, 0) is 20.4 Å². The fourth-order valence-electron chi connectivity index (χ4n) is 3.41. The summed E-state index contributed by atoms with van der Waals surface area (Å²) in [6, 6.07) is 7.46. The van der Waals surface area contributed by atoms with Crippen LogP contribution in [0, 0.1) is 0 Å². The van der Waals surface area contributed by atoms with Crippen molar-refractivity contribution in [3.63, 3.8) is 0 Å². The molecule has 0 aliphatic carbocycles. The molecule has 1 aliphatic rings. The quantitative estimate of drug-likeness (QED) is 0.281. The summed E-state index contributed by atoms with van der Waals surface area (Å²) >= 11 is 0. The van der Waals surface area contributed by atoms with Crippen LogP contribution in [0.25, 0.3) is 0 Å². The zero-order valence-electron chi connectivity index (χ0n) is 18.4. The highest BCUT2D eigenvalue weighted by Gasteiger charge is 2.36. The van der Waals surface area contributed by atoms with Crippen molar-refractivity contribution in [2.75, 3.05) is 19.7 Å². The van der Waals surface area contributed by atoms with E-state index in [2.05, 4.69) is 11.4 Å². The highest BCUT2D eigenvalue weighted by Crippen LogP contribution is 2.39. The molecule has 0 radical (unpaired) electrons. The van der Waals surface area contributed by atoms with E-state index in [1.54, 1.807) is 0 Å². The van der Waals surface area contributed by atoms with Gasteiger partial charge in [-0.3, -0.25) is 4.52 Å². The topological polar surface area (TPSA) is 106 Å². The first-order chi connectivity index (χ1) is 14.9. The minimum absolute atomic E-state index is 0.103. The molecule has 2 N–H and O–H groups in total. The molecule has 1 fully saturated rings. The zero-order valence-corrected chi connectivity index (χ0v) is 19.3. The van der Waals surface area contributed by atoms with E-state index in [0.29, 0.717) is 6.61 Å². The van der Waals surface area contributed by atoms with Crippen molar-refractivity contribution in [2.24, 2.45) is 0 Å². The second-order valence-corrected chi connectivity index (χ2v) is 9.19. The molecule has 1 saturated heterocycles. The molecule has 0 unspecified atom stereocenters. The number of likely N-dealkylation sites (tertiary alicyclic amines) is 1. The van der Waals surface area contributed by atoms with Crippen molar-refractivity contribution in [3.05, 3.63) is 29.8 Å². The third-order valence-electron chi connectivity index (χ3n) is 5.17. The lowest BCUT2D eigenvalue weighted by molar-refractivity contribution is -0.00452. The Morgan fingerprint density at radius 3 is 2.35 bits per heavy atom. The molecule has 0 aromatic heterocycles. The van der Waals surface area contributed by atoms with E-state index in [-0.39, 0.29) is 19.7 Å². The van der Waals surface area contributed by atoms with E-state index in [9.17, 15) is 9.36 Å². The fourth-order valence-corrected chi connectivity index (χ4v) is 3.93. The van der Waals surface area contributed by atoms with Crippen LogP contribution in [0.1, 0.15) is 70.3 Å². The number of phosphoric acid groups is 1. The Labute approximate surface area is 185 Å². The standard InChI is InChI=1S/C22H36NO7P/c1-2-3-4-5-6-7-8-9-10-14-28-20-13-11-12-19(15-20)18-29-22(24)23-16-21(17-23)30-31(25,26)27/h11-13,15,21H,2-10,14,16-18H2,1H3,(H2,25,26,27). The second kappa shape index (κ2) is 13.7. The van der Waals surface area contributed by atoms with Gasteiger partial charge in [-0.2, -0.15) is 0 Å². The SMILES string of the molecule is CCCCCCCCCCCOc1cccc(COC(=O)N2CC(OP(=O)(O)O)C2)c1. The normalized spacial score (nSPS) is 14.4. The Hall–Kier alpha value is -1.60. The van der Waals surface area contributed by atoms with E-state index >= 15 is 0 Å². The summed E-state index contributed by atoms with van der Waals surface area (Å²) < 4.78 is 26.3. The number of amides is 1. The summed E-state index contributed by atoms with van der Waals surface area (Å²) in [4.78, 5) is 30.8. The first-order valence-corrected chi connectivity index (χ1v) is 12.8. The van der Waals surface area contributed by atoms with Crippen LogP contribution in [0.4, 0.5) is 4.79 Å². The number of hydrogen-bond donors (Lipinski definition) is 2. The van der Waals surface area contributed by atoms with Crippen molar-refractivity contribution >= 4 is 13.9 Å². The lowest BCUT2D eigenvalue weighted by Crippen LogP contribution is -2.54. The minimum atomic E-state index is -4.53. The van der Waals surface area contributed by atoms with Gasteiger partial charge in [-0.15, -0.1) is 0 Å². The highest BCUT2D eigenvalue weighted by molar-refractivity contribution is 7.46. The molecule has 1 amide bonds. The highest BCUT2D eigenvalue weighted by atomic mass is 31.2. The minimum Gasteiger partial charge on any atom is -0.494 e. The van der Waals surface area contributed by atoms with Crippen LogP contribution in [0.5, 0.6) is 5.75 Å². The maximum Gasteiger partial charge on any atom is 0.469 e. The van der Waals surface area contributed by atoms with Crippen LogP contribution in [0.3, 0.4) is 0 Å². The Bertz CT molecular complexity index is 703. The summed E-state index contributed by atoms with van der Waals surface area (Å²) in [5.74, 6) is 0.757. The van der Waals surface area contributed by atoms with Gasteiger partial charge in [0.05, 0.1) is 19.7 Å². The number of nitrogens with zero attached hydrogens (tertiary/aromatic N) is 1. The molecule has 0 spiro atoms. The van der Waals surface area contributed by atoms with Gasteiger partial charge in [0.15, 0.2) is 0 Å². The molecular weight excluding hydrogens is 421 g/mol. The van der Waals surface area contributed by atoms with Gasteiger partial charge in [0.2, 0.25) is 0 Å². The van der Waals surface area contributed by atoms with Gasteiger partial charge in [-0.25, -0.2) is 9.36 Å².